The number of aryl methyl sites for hydroxylation is 2. The van der Waals surface area contributed by atoms with E-state index >= 15 is 0 Å². The minimum Gasteiger partial charge on any atom is -0.436 e. The number of benzene rings is 1. The average Bonchev–Trinajstić information content (AvgIpc) is 2.83. The van der Waals surface area contributed by atoms with Gasteiger partial charge in [-0.3, -0.25) is 4.40 Å². The Balaban J connectivity index is 2.12. The number of ether oxygens (including phenoxy) is 1. The van der Waals surface area contributed by atoms with E-state index in [-0.39, 0.29) is 0 Å². The van der Waals surface area contributed by atoms with Crippen molar-refractivity contribution >= 4 is 21.6 Å². The fraction of sp³-hybridized carbons (Fsp3) is 0.200. The molecule has 2 aromatic heterocycles. The molecule has 0 aliphatic carbocycles. The maximum atomic E-state index is 6.00. The summed E-state index contributed by atoms with van der Waals surface area (Å²) in [7, 11) is 0. The molecule has 0 N–H and O–H groups in total. The normalized spacial score (nSPS) is 11.0. The molecular weight excluding hydrogens is 318 g/mol. The van der Waals surface area contributed by atoms with E-state index < -0.39 is 0 Å². The third-order valence-electron chi connectivity index (χ3n) is 3.28. The van der Waals surface area contributed by atoms with Gasteiger partial charge in [0.2, 0.25) is 5.65 Å². The van der Waals surface area contributed by atoms with E-state index in [1.54, 1.807) is 6.20 Å². The molecule has 20 heavy (non-hydrogen) atoms. The molecule has 0 saturated carbocycles. The Kier molecular flexibility index (Phi) is 3.22. The van der Waals surface area contributed by atoms with Gasteiger partial charge in [0.25, 0.3) is 5.88 Å². The molecule has 1 aromatic carbocycles. The lowest BCUT2D eigenvalue weighted by molar-refractivity contribution is 0.459. The van der Waals surface area contributed by atoms with E-state index in [2.05, 4.69) is 45.8 Å². The van der Waals surface area contributed by atoms with Gasteiger partial charge in [-0.15, -0.1) is 0 Å². The molecule has 0 atom stereocenters. The van der Waals surface area contributed by atoms with Crippen LogP contribution in [-0.4, -0.2) is 14.4 Å². The number of nitrogens with zero attached hydrogens (tertiary/aromatic N) is 3. The van der Waals surface area contributed by atoms with E-state index in [4.69, 9.17) is 4.74 Å². The van der Waals surface area contributed by atoms with Crippen molar-refractivity contribution in [1.29, 1.82) is 0 Å². The van der Waals surface area contributed by atoms with Crippen LogP contribution in [0.15, 0.2) is 35.3 Å². The summed E-state index contributed by atoms with van der Waals surface area (Å²) in [6.07, 6.45) is 5.44. The summed E-state index contributed by atoms with van der Waals surface area (Å²) in [5.74, 6) is 1.32. The SMILES string of the molecule is Cc1cc(C)c(C)c(Oc2nc(Br)cn3ccnc23)c1. The lowest BCUT2D eigenvalue weighted by Crippen LogP contribution is -1.97. The summed E-state index contributed by atoms with van der Waals surface area (Å²) in [4.78, 5) is 8.67. The minimum atomic E-state index is 0.498. The van der Waals surface area contributed by atoms with Gasteiger partial charge in [-0.25, -0.2) is 9.97 Å². The highest BCUT2D eigenvalue weighted by Crippen LogP contribution is 2.30. The van der Waals surface area contributed by atoms with Crippen LogP contribution in [0.4, 0.5) is 0 Å². The first-order valence-electron chi connectivity index (χ1n) is 6.29. The molecule has 2 heterocycles. The third-order valence-corrected chi connectivity index (χ3v) is 3.67. The molecule has 3 rings (SSSR count). The summed E-state index contributed by atoms with van der Waals surface area (Å²) in [5, 5.41) is 0. The molecule has 3 aromatic rings. The first kappa shape index (κ1) is 13.1. The molecule has 102 valence electrons. The molecule has 0 amide bonds. The number of imidazole rings is 1. The summed E-state index contributed by atoms with van der Waals surface area (Å²) >= 11 is 3.39. The Hall–Kier alpha value is -1.88. The molecule has 5 heteroatoms. The predicted molar refractivity (Wildman–Crippen MR) is 81.4 cm³/mol. The first-order valence-corrected chi connectivity index (χ1v) is 7.09. The van der Waals surface area contributed by atoms with Crippen molar-refractivity contribution in [1.82, 2.24) is 14.4 Å². The van der Waals surface area contributed by atoms with Gasteiger partial charge < -0.3 is 4.74 Å². The molecule has 0 aliphatic rings. The zero-order valence-electron chi connectivity index (χ0n) is 11.5. The average molecular weight is 332 g/mol. The van der Waals surface area contributed by atoms with Crippen molar-refractivity contribution in [3.63, 3.8) is 0 Å². The zero-order valence-corrected chi connectivity index (χ0v) is 13.1. The maximum absolute atomic E-state index is 6.00. The van der Waals surface area contributed by atoms with Gasteiger partial charge in [-0.1, -0.05) is 6.07 Å². The number of fused-ring (bicyclic) bond motifs is 1. The van der Waals surface area contributed by atoms with Crippen LogP contribution in [-0.2, 0) is 0 Å². The monoisotopic (exact) mass is 331 g/mol. The van der Waals surface area contributed by atoms with Gasteiger partial charge in [-0.05, 0) is 59.5 Å². The Morgan fingerprint density at radius 3 is 2.80 bits per heavy atom. The van der Waals surface area contributed by atoms with Gasteiger partial charge >= 0.3 is 0 Å². The Morgan fingerprint density at radius 2 is 2.00 bits per heavy atom. The highest BCUT2D eigenvalue weighted by molar-refractivity contribution is 9.10. The minimum absolute atomic E-state index is 0.498. The van der Waals surface area contributed by atoms with Crippen molar-refractivity contribution in [3.8, 4) is 11.6 Å². The predicted octanol–water partition coefficient (Wildman–Crippen LogP) is 4.21. The maximum Gasteiger partial charge on any atom is 0.264 e. The summed E-state index contributed by atoms with van der Waals surface area (Å²) < 4.78 is 8.59. The van der Waals surface area contributed by atoms with Crippen LogP contribution in [0.25, 0.3) is 5.65 Å². The van der Waals surface area contributed by atoms with Crippen molar-refractivity contribution < 1.29 is 4.74 Å². The Labute approximate surface area is 125 Å². The third kappa shape index (κ3) is 2.29. The number of rotatable bonds is 2. The van der Waals surface area contributed by atoms with E-state index in [9.17, 15) is 0 Å². The molecule has 0 fully saturated rings. The molecule has 0 radical (unpaired) electrons. The van der Waals surface area contributed by atoms with Crippen LogP contribution in [0, 0.1) is 20.8 Å². The quantitative estimate of drug-likeness (QED) is 0.706. The van der Waals surface area contributed by atoms with Crippen LogP contribution in [0.5, 0.6) is 11.6 Å². The lowest BCUT2D eigenvalue weighted by Gasteiger charge is -2.12. The van der Waals surface area contributed by atoms with Gasteiger partial charge in [0.05, 0.1) is 0 Å². The molecule has 0 bridgehead atoms. The largest absolute Gasteiger partial charge is 0.436 e. The molecule has 0 saturated heterocycles. The van der Waals surface area contributed by atoms with Crippen LogP contribution in [0.2, 0.25) is 0 Å². The number of hydrogen-bond acceptors (Lipinski definition) is 3. The van der Waals surface area contributed by atoms with Crippen LogP contribution in [0.1, 0.15) is 16.7 Å². The highest BCUT2D eigenvalue weighted by atomic mass is 79.9. The van der Waals surface area contributed by atoms with Crippen LogP contribution < -0.4 is 4.74 Å². The van der Waals surface area contributed by atoms with Crippen molar-refractivity contribution in [2.75, 3.05) is 0 Å². The molecule has 0 unspecified atom stereocenters. The Bertz CT molecular complexity index is 795. The van der Waals surface area contributed by atoms with Gasteiger partial charge in [0.15, 0.2) is 0 Å². The fourth-order valence-corrected chi connectivity index (χ4v) is 2.53. The standard InChI is InChI=1S/C15H14BrN3O/c1-9-6-10(2)11(3)12(7-9)20-15-14-17-4-5-19(14)8-13(16)18-15/h4-8H,1-3H3. The van der Waals surface area contributed by atoms with Crippen molar-refractivity contribution in [3.05, 3.63) is 52.0 Å². The number of aromatic nitrogens is 3. The second-order valence-electron chi connectivity index (χ2n) is 4.83. The first-order chi connectivity index (χ1) is 9.54. The van der Waals surface area contributed by atoms with Gasteiger partial charge in [0, 0.05) is 18.6 Å². The molecule has 0 spiro atoms. The smallest absolute Gasteiger partial charge is 0.264 e. The van der Waals surface area contributed by atoms with E-state index in [0.29, 0.717) is 16.1 Å². The Morgan fingerprint density at radius 1 is 1.20 bits per heavy atom. The molecule has 0 aliphatic heterocycles. The zero-order chi connectivity index (χ0) is 14.3. The molecule has 4 nitrogen and oxygen atoms in total. The second kappa shape index (κ2) is 4.90. The van der Waals surface area contributed by atoms with Crippen LogP contribution >= 0.6 is 15.9 Å². The van der Waals surface area contributed by atoms with Gasteiger partial charge in [0.1, 0.15) is 10.4 Å². The van der Waals surface area contributed by atoms with Gasteiger partial charge in [-0.2, -0.15) is 0 Å². The summed E-state index contributed by atoms with van der Waals surface area (Å²) in [5.41, 5.74) is 4.18. The van der Waals surface area contributed by atoms with E-state index in [0.717, 1.165) is 16.9 Å². The van der Waals surface area contributed by atoms with Crippen LogP contribution in [0.3, 0.4) is 0 Å². The second-order valence-corrected chi connectivity index (χ2v) is 5.65. The topological polar surface area (TPSA) is 39.4 Å². The summed E-state index contributed by atoms with van der Waals surface area (Å²) in [6, 6.07) is 4.16. The number of hydrogen-bond donors (Lipinski definition) is 0. The lowest BCUT2D eigenvalue weighted by atomic mass is 10.1. The van der Waals surface area contributed by atoms with Crippen molar-refractivity contribution in [2.24, 2.45) is 0 Å². The van der Waals surface area contributed by atoms with E-state index in [1.165, 1.54) is 5.56 Å². The van der Waals surface area contributed by atoms with E-state index in [1.807, 2.05) is 29.8 Å². The molecular formula is C15H14BrN3O. The fourth-order valence-electron chi connectivity index (χ4n) is 2.15. The summed E-state index contributed by atoms with van der Waals surface area (Å²) in [6.45, 7) is 6.18. The highest BCUT2D eigenvalue weighted by Gasteiger charge is 2.11. The number of halogens is 1. The van der Waals surface area contributed by atoms with Crippen molar-refractivity contribution in [2.45, 2.75) is 20.8 Å².